The number of hydrogen-bond donors (Lipinski definition) is 0. The molecule has 1 unspecified atom stereocenters. The summed E-state index contributed by atoms with van der Waals surface area (Å²) in [6.07, 6.45) is 12.5. The van der Waals surface area contributed by atoms with Crippen LogP contribution in [0.3, 0.4) is 0 Å². The van der Waals surface area contributed by atoms with Gasteiger partial charge >= 0.3 is 0 Å². The number of rotatable bonds is 8. The summed E-state index contributed by atoms with van der Waals surface area (Å²) in [5, 5.41) is 0. The van der Waals surface area contributed by atoms with Crippen molar-refractivity contribution in [2.75, 3.05) is 0 Å². The van der Waals surface area contributed by atoms with E-state index in [0.29, 0.717) is 0 Å². The van der Waals surface area contributed by atoms with Crippen molar-refractivity contribution in [3.05, 3.63) is 59.7 Å². The summed E-state index contributed by atoms with van der Waals surface area (Å²) >= 11 is 0. The highest BCUT2D eigenvalue weighted by atomic mass is 14.3. The van der Waals surface area contributed by atoms with Gasteiger partial charge in [-0.3, -0.25) is 0 Å². The van der Waals surface area contributed by atoms with E-state index in [2.05, 4.69) is 55.5 Å². The molecule has 0 nitrogen and oxygen atoms in total. The first-order chi connectivity index (χ1) is 11.4. The van der Waals surface area contributed by atoms with E-state index < -0.39 is 0 Å². The van der Waals surface area contributed by atoms with E-state index in [9.17, 15) is 0 Å². The lowest BCUT2D eigenvalue weighted by Gasteiger charge is -2.08. The molecule has 2 aromatic rings. The van der Waals surface area contributed by atoms with Gasteiger partial charge in [0, 0.05) is 0 Å². The monoisotopic (exact) mass is 306 g/mol. The van der Waals surface area contributed by atoms with Crippen molar-refractivity contribution in [3.63, 3.8) is 0 Å². The van der Waals surface area contributed by atoms with Crippen LogP contribution < -0.4 is 0 Å². The molecule has 0 amide bonds. The van der Waals surface area contributed by atoms with Gasteiger partial charge in [-0.25, -0.2) is 0 Å². The van der Waals surface area contributed by atoms with E-state index in [4.69, 9.17) is 0 Å². The molecule has 0 heteroatoms. The van der Waals surface area contributed by atoms with Gasteiger partial charge in [0.15, 0.2) is 0 Å². The van der Waals surface area contributed by atoms with Crippen LogP contribution in [-0.4, -0.2) is 0 Å². The zero-order valence-corrected chi connectivity index (χ0v) is 14.6. The Morgan fingerprint density at radius 2 is 1.48 bits per heavy atom. The van der Waals surface area contributed by atoms with E-state index in [1.54, 1.807) is 11.1 Å². The second-order valence-corrected chi connectivity index (χ2v) is 7.18. The first-order valence-corrected chi connectivity index (χ1v) is 9.54. The van der Waals surface area contributed by atoms with Gasteiger partial charge in [-0.05, 0) is 47.4 Å². The molecular weight excluding hydrogens is 276 g/mol. The van der Waals surface area contributed by atoms with Crippen molar-refractivity contribution < 1.29 is 0 Å². The summed E-state index contributed by atoms with van der Waals surface area (Å²) < 4.78 is 0. The van der Waals surface area contributed by atoms with Crippen LogP contribution in [0.15, 0.2) is 48.5 Å². The fourth-order valence-electron chi connectivity index (χ4n) is 3.94. The van der Waals surface area contributed by atoms with Crippen LogP contribution in [0.1, 0.15) is 63.0 Å². The van der Waals surface area contributed by atoms with E-state index in [0.717, 1.165) is 5.92 Å². The Balaban J connectivity index is 1.51. The highest BCUT2D eigenvalue weighted by molar-refractivity contribution is 5.65. The molecule has 1 aliphatic carbocycles. The normalized spacial score (nSPS) is 16.5. The number of fused-ring (bicyclic) bond motifs is 1. The molecular formula is C23H30. The molecule has 1 aliphatic rings. The van der Waals surface area contributed by atoms with E-state index >= 15 is 0 Å². The van der Waals surface area contributed by atoms with Crippen molar-refractivity contribution in [1.29, 1.82) is 0 Å². The van der Waals surface area contributed by atoms with E-state index in [-0.39, 0.29) is 0 Å². The minimum Gasteiger partial charge on any atom is -0.0654 e. The van der Waals surface area contributed by atoms with Crippen molar-refractivity contribution in [1.82, 2.24) is 0 Å². The topological polar surface area (TPSA) is 0 Å². The predicted molar refractivity (Wildman–Crippen MR) is 101 cm³/mol. The third-order valence-corrected chi connectivity index (χ3v) is 5.30. The van der Waals surface area contributed by atoms with Gasteiger partial charge in [0.1, 0.15) is 0 Å². The number of hydrogen-bond acceptors (Lipinski definition) is 0. The molecule has 0 heterocycles. The fourth-order valence-corrected chi connectivity index (χ4v) is 3.94. The molecule has 0 radical (unpaired) electrons. The van der Waals surface area contributed by atoms with Gasteiger partial charge in [-0.2, -0.15) is 0 Å². The SMILES string of the molecule is CCCCCCCCC1Cc2ccc(-c3ccccc3)cc2C1. The highest BCUT2D eigenvalue weighted by Crippen LogP contribution is 2.33. The minimum absolute atomic E-state index is 0.891. The summed E-state index contributed by atoms with van der Waals surface area (Å²) in [7, 11) is 0. The predicted octanol–water partition coefficient (Wildman–Crippen LogP) is 6.82. The van der Waals surface area contributed by atoms with Crippen LogP contribution in [0.25, 0.3) is 11.1 Å². The Bertz CT molecular complexity index is 597. The minimum atomic E-state index is 0.891. The van der Waals surface area contributed by atoms with E-state index in [1.165, 1.54) is 68.9 Å². The second kappa shape index (κ2) is 8.34. The quantitative estimate of drug-likeness (QED) is 0.469. The lowest BCUT2D eigenvalue weighted by atomic mass is 9.97. The van der Waals surface area contributed by atoms with Gasteiger partial charge in [-0.15, -0.1) is 0 Å². The van der Waals surface area contributed by atoms with Gasteiger partial charge < -0.3 is 0 Å². The van der Waals surface area contributed by atoms with Crippen molar-refractivity contribution in [3.8, 4) is 11.1 Å². The maximum absolute atomic E-state index is 2.44. The van der Waals surface area contributed by atoms with Crippen LogP contribution in [0.4, 0.5) is 0 Å². The largest absolute Gasteiger partial charge is 0.0654 e. The van der Waals surface area contributed by atoms with Gasteiger partial charge in [0.05, 0.1) is 0 Å². The Labute approximate surface area is 141 Å². The molecule has 0 saturated carbocycles. The highest BCUT2D eigenvalue weighted by Gasteiger charge is 2.21. The maximum atomic E-state index is 2.44. The standard InChI is InChI=1S/C23H30/c1-2-3-4-5-6-8-11-19-16-21-14-15-22(18-23(21)17-19)20-12-9-7-10-13-20/h7,9-10,12-15,18-19H,2-6,8,11,16-17H2,1H3. The van der Waals surface area contributed by atoms with Gasteiger partial charge in [-0.1, -0.05) is 94.0 Å². The van der Waals surface area contributed by atoms with Crippen molar-refractivity contribution in [2.24, 2.45) is 5.92 Å². The molecule has 0 bridgehead atoms. The average molecular weight is 306 g/mol. The van der Waals surface area contributed by atoms with Crippen molar-refractivity contribution >= 4 is 0 Å². The Kier molecular flexibility index (Phi) is 5.91. The molecule has 0 saturated heterocycles. The van der Waals surface area contributed by atoms with Gasteiger partial charge in [0.2, 0.25) is 0 Å². The molecule has 23 heavy (non-hydrogen) atoms. The molecule has 2 aromatic carbocycles. The van der Waals surface area contributed by atoms with Crippen LogP contribution >= 0.6 is 0 Å². The maximum Gasteiger partial charge on any atom is -0.0181 e. The van der Waals surface area contributed by atoms with Crippen LogP contribution in [0, 0.1) is 5.92 Å². The lowest BCUT2D eigenvalue weighted by molar-refractivity contribution is 0.469. The Hall–Kier alpha value is -1.56. The molecule has 0 aliphatic heterocycles. The lowest BCUT2D eigenvalue weighted by Crippen LogP contribution is -1.99. The third-order valence-electron chi connectivity index (χ3n) is 5.30. The summed E-state index contributed by atoms with van der Waals surface area (Å²) in [5.74, 6) is 0.891. The van der Waals surface area contributed by atoms with E-state index in [1.807, 2.05) is 0 Å². The molecule has 1 atom stereocenters. The van der Waals surface area contributed by atoms with Crippen LogP contribution in [0.5, 0.6) is 0 Å². The molecule has 0 fully saturated rings. The molecule has 3 rings (SSSR count). The van der Waals surface area contributed by atoms with Crippen LogP contribution in [0.2, 0.25) is 0 Å². The summed E-state index contributed by atoms with van der Waals surface area (Å²) in [4.78, 5) is 0. The second-order valence-electron chi connectivity index (χ2n) is 7.18. The smallest absolute Gasteiger partial charge is 0.0181 e. The zero-order valence-electron chi connectivity index (χ0n) is 14.6. The Morgan fingerprint density at radius 1 is 0.739 bits per heavy atom. The molecule has 0 N–H and O–H groups in total. The van der Waals surface area contributed by atoms with Gasteiger partial charge in [0.25, 0.3) is 0 Å². The first-order valence-electron chi connectivity index (χ1n) is 9.54. The molecule has 0 spiro atoms. The Morgan fingerprint density at radius 3 is 2.30 bits per heavy atom. The summed E-state index contributed by atoms with van der Waals surface area (Å²) in [6.45, 7) is 2.29. The summed E-state index contributed by atoms with van der Waals surface area (Å²) in [5.41, 5.74) is 5.92. The van der Waals surface area contributed by atoms with Crippen molar-refractivity contribution in [2.45, 2.75) is 64.7 Å². The third kappa shape index (κ3) is 4.47. The fraction of sp³-hybridized carbons (Fsp3) is 0.478. The number of unbranched alkanes of at least 4 members (excludes halogenated alkanes) is 5. The number of benzene rings is 2. The summed E-state index contributed by atoms with van der Waals surface area (Å²) in [6, 6.07) is 17.9. The first kappa shape index (κ1) is 16.3. The van der Waals surface area contributed by atoms with Crippen LogP contribution in [-0.2, 0) is 12.8 Å². The molecule has 0 aromatic heterocycles. The average Bonchev–Trinajstić information content (AvgIpc) is 3.00. The molecule has 122 valence electrons. The zero-order chi connectivity index (χ0) is 15.9.